The van der Waals surface area contributed by atoms with Crippen molar-refractivity contribution < 1.29 is 9.59 Å². The molecule has 0 radical (unpaired) electrons. The van der Waals surface area contributed by atoms with Crippen LogP contribution in [0.4, 0.5) is 0 Å². The topological polar surface area (TPSA) is 49.7 Å². The number of fused-ring (bicyclic) bond motifs is 5. The summed E-state index contributed by atoms with van der Waals surface area (Å²) in [7, 11) is 0. The molecule has 1 aliphatic heterocycles. The predicted molar refractivity (Wildman–Crippen MR) is 78.3 cm³/mol. The van der Waals surface area contributed by atoms with Crippen LogP contribution in [0.3, 0.4) is 0 Å². The predicted octanol–water partition coefficient (Wildman–Crippen LogP) is 2.14. The fourth-order valence-corrected chi connectivity index (χ4v) is 3.78. The molecule has 4 heteroatoms. The van der Waals surface area contributed by atoms with Gasteiger partial charge >= 0.3 is 0 Å². The van der Waals surface area contributed by atoms with Crippen LogP contribution in [0.2, 0.25) is 0 Å². The lowest BCUT2D eigenvalue weighted by Crippen LogP contribution is -2.28. The maximum Gasteiger partial charge on any atom is 0.254 e. The van der Waals surface area contributed by atoms with Crippen molar-refractivity contribution in [3.63, 3.8) is 0 Å². The number of hydrogen-bond donors (Lipinski definition) is 0. The van der Waals surface area contributed by atoms with Crippen molar-refractivity contribution in [3.05, 3.63) is 47.5 Å². The Labute approximate surface area is 123 Å². The molecule has 0 aromatic heterocycles. The van der Waals surface area contributed by atoms with E-state index in [0.29, 0.717) is 0 Å². The molecular weight excluding hydrogens is 264 g/mol. The lowest BCUT2D eigenvalue weighted by molar-refractivity contribution is -0.140. The fraction of sp³-hybridized carbons (Fsp3) is 0.353. The van der Waals surface area contributed by atoms with E-state index in [1.807, 2.05) is 31.2 Å². The number of carbonyl (C=O) groups is 2. The first kappa shape index (κ1) is 12.5. The van der Waals surface area contributed by atoms with Crippen LogP contribution in [0.1, 0.15) is 17.5 Å². The van der Waals surface area contributed by atoms with E-state index < -0.39 is 0 Å². The number of hydrogen-bond acceptors (Lipinski definition) is 3. The number of rotatable bonds is 2. The smallest absolute Gasteiger partial charge is 0.254 e. The molecule has 4 nitrogen and oxygen atoms in total. The fourth-order valence-electron chi connectivity index (χ4n) is 3.78. The van der Waals surface area contributed by atoms with Crippen LogP contribution in [-0.2, 0) is 9.59 Å². The molecule has 1 heterocycles. The normalized spacial score (nSPS) is 33.5. The average Bonchev–Trinajstić information content (AvgIpc) is 3.14. The van der Waals surface area contributed by atoms with Crippen molar-refractivity contribution in [2.45, 2.75) is 13.3 Å². The highest BCUT2D eigenvalue weighted by Gasteiger charge is 2.59. The molecule has 106 valence electrons. The lowest BCUT2D eigenvalue weighted by atomic mass is 9.85. The Kier molecular flexibility index (Phi) is 2.61. The van der Waals surface area contributed by atoms with Crippen molar-refractivity contribution in [3.8, 4) is 0 Å². The largest absolute Gasteiger partial charge is 0.272 e. The van der Waals surface area contributed by atoms with Crippen LogP contribution in [0.15, 0.2) is 41.5 Å². The molecule has 0 unspecified atom stereocenters. The Morgan fingerprint density at radius 2 is 1.62 bits per heavy atom. The van der Waals surface area contributed by atoms with Gasteiger partial charge in [-0.05, 0) is 30.7 Å². The number of benzene rings is 1. The number of nitrogens with zero attached hydrogens (tertiary/aromatic N) is 2. The Balaban J connectivity index is 1.58. The van der Waals surface area contributed by atoms with E-state index in [1.165, 1.54) is 0 Å². The molecule has 0 N–H and O–H groups in total. The molecule has 4 rings (SSSR count). The molecule has 2 bridgehead atoms. The third-order valence-corrected chi connectivity index (χ3v) is 4.85. The van der Waals surface area contributed by atoms with Gasteiger partial charge in [0.1, 0.15) is 0 Å². The SMILES string of the molecule is Cc1ccc(/C=N\N2C(=O)[C@H]3[C@H](C2=O)[C@H]2C=C[C@H]3C2)cc1. The summed E-state index contributed by atoms with van der Waals surface area (Å²) in [5.74, 6) is -0.159. The van der Waals surface area contributed by atoms with Gasteiger partial charge in [-0.25, -0.2) is 0 Å². The van der Waals surface area contributed by atoms with Crippen molar-refractivity contribution in [2.24, 2.45) is 28.8 Å². The second-order valence-corrected chi connectivity index (χ2v) is 6.14. The first-order chi connectivity index (χ1) is 10.1. The van der Waals surface area contributed by atoms with Crippen molar-refractivity contribution >= 4 is 18.0 Å². The van der Waals surface area contributed by atoms with E-state index in [-0.39, 0.29) is 35.5 Å². The maximum atomic E-state index is 12.4. The zero-order chi connectivity index (χ0) is 14.6. The zero-order valence-corrected chi connectivity index (χ0v) is 11.8. The quantitative estimate of drug-likeness (QED) is 0.473. The van der Waals surface area contributed by atoms with Crippen LogP contribution >= 0.6 is 0 Å². The second-order valence-electron chi connectivity index (χ2n) is 6.14. The van der Waals surface area contributed by atoms with Crippen molar-refractivity contribution in [1.82, 2.24) is 5.01 Å². The van der Waals surface area contributed by atoms with Gasteiger partial charge in [-0.15, -0.1) is 0 Å². The van der Waals surface area contributed by atoms with E-state index >= 15 is 0 Å². The number of aryl methyl sites for hydroxylation is 1. The van der Waals surface area contributed by atoms with Crippen molar-refractivity contribution in [1.29, 1.82) is 0 Å². The van der Waals surface area contributed by atoms with E-state index in [4.69, 9.17) is 0 Å². The van der Waals surface area contributed by atoms with Crippen LogP contribution in [-0.4, -0.2) is 23.0 Å². The van der Waals surface area contributed by atoms with Gasteiger partial charge in [0.2, 0.25) is 0 Å². The molecule has 2 aliphatic carbocycles. The molecule has 1 aromatic carbocycles. The van der Waals surface area contributed by atoms with Gasteiger partial charge in [-0.3, -0.25) is 9.59 Å². The third kappa shape index (κ3) is 1.78. The van der Waals surface area contributed by atoms with E-state index in [1.54, 1.807) is 6.21 Å². The van der Waals surface area contributed by atoms with Crippen LogP contribution in [0.5, 0.6) is 0 Å². The molecule has 3 aliphatic rings. The van der Waals surface area contributed by atoms with E-state index in [9.17, 15) is 9.59 Å². The zero-order valence-electron chi connectivity index (χ0n) is 11.8. The van der Waals surface area contributed by atoms with Crippen molar-refractivity contribution in [2.75, 3.05) is 0 Å². The second kappa shape index (κ2) is 4.38. The maximum absolute atomic E-state index is 12.4. The van der Waals surface area contributed by atoms with E-state index in [2.05, 4.69) is 17.3 Å². The minimum atomic E-state index is -0.178. The molecule has 1 saturated carbocycles. The molecule has 0 spiro atoms. The molecule has 4 atom stereocenters. The van der Waals surface area contributed by atoms with Crippen LogP contribution < -0.4 is 0 Å². The summed E-state index contributed by atoms with van der Waals surface area (Å²) in [5, 5.41) is 5.23. The summed E-state index contributed by atoms with van der Waals surface area (Å²) in [6, 6.07) is 7.81. The summed E-state index contributed by atoms with van der Waals surface area (Å²) >= 11 is 0. The number of hydrazone groups is 1. The molecule has 2 amide bonds. The van der Waals surface area contributed by atoms with Gasteiger partial charge in [-0.2, -0.15) is 10.1 Å². The minimum Gasteiger partial charge on any atom is -0.272 e. The number of amides is 2. The Morgan fingerprint density at radius 3 is 2.19 bits per heavy atom. The Hall–Kier alpha value is -2.23. The standard InChI is InChI=1S/C17H16N2O2/c1-10-2-4-11(5-3-10)9-18-19-16(20)14-12-6-7-13(8-12)15(14)17(19)21/h2-7,9,12-15H,8H2,1H3/b18-9-/t12-,13-,14+,15+/m0/s1. The van der Waals surface area contributed by atoms with Gasteiger partial charge in [0, 0.05) is 0 Å². The summed E-state index contributed by atoms with van der Waals surface area (Å²) in [4.78, 5) is 24.8. The summed E-state index contributed by atoms with van der Waals surface area (Å²) in [6.45, 7) is 2.01. The Bertz CT molecular complexity index is 645. The summed E-state index contributed by atoms with van der Waals surface area (Å²) in [5.41, 5.74) is 2.05. The number of imide groups is 1. The first-order valence-corrected chi connectivity index (χ1v) is 7.32. The van der Waals surface area contributed by atoms with Gasteiger partial charge in [0.25, 0.3) is 11.8 Å². The average molecular weight is 280 g/mol. The van der Waals surface area contributed by atoms with Crippen LogP contribution in [0, 0.1) is 30.6 Å². The van der Waals surface area contributed by atoms with Crippen LogP contribution in [0.25, 0.3) is 0 Å². The summed E-state index contributed by atoms with van der Waals surface area (Å²) < 4.78 is 0. The van der Waals surface area contributed by atoms with E-state index in [0.717, 1.165) is 22.6 Å². The molecular formula is C17H16N2O2. The molecule has 21 heavy (non-hydrogen) atoms. The highest BCUT2D eigenvalue weighted by atomic mass is 16.2. The lowest BCUT2D eigenvalue weighted by Gasteiger charge is -2.13. The monoisotopic (exact) mass is 280 g/mol. The Morgan fingerprint density at radius 1 is 1.05 bits per heavy atom. The van der Waals surface area contributed by atoms with Gasteiger partial charge < -0.3 is 0 Å². The highest BCUT2D eigenvalue weighted by molar-refractivity contribution is 6.06. The molecule has 1 saturated heterocycles. The van der Waals surface area contributed by atoms with Gasteiger partial charge in [0.05, 0.1) is 18.1 Å². The van der Waals surface area contributed by atoms with Gasteiger partial charge in [0.15, 0.2) is 0 Å². The third-order valence-electron chi connectivity index (χ3n) is 4.85. The highest BCUT2D eigenvalue weighted by Crippen LogP contribution is 2.52. The number of carbonyl (C=O) groups excluding carboxylic acids is 2. The first-order valence-electron chi connectivity index (χ1n) is 7.32. The molecule has 1 aromatic rings. The number of allylic oxidation sites excluding steroid dienone is 2. The minimum absolute atomic E-state index is 0.134. The summed E-state index contributed by atoms with van der Waals surface area (Å²) in [6.07, 6.45) is 6.71. The van der Waals surface area contributed by atoms with Gasteiger partial charge in [-0.1, -0.05) is 42.0 Å². The molecule has 2 fully saturated rings.